The maximum absolute atomic E-state index is 10.9. The Labute approximate surface area is 79.3 Å². The molecule has 3 heteroatoms. The van der Waals surface area contributed by atoms with Crippen molar-refractivity contribution in [2.24, 2.45) is 0 Å². The molecule has 1 aliphatic heterocycles. The van der Waals surface area contributed by atoms with Crippen LogP contribution in [0.25, 0.3) is 0 Å². The summed E-state index contributed by atoms with van der Waals surface area (Å²) < 4.78 is 0. The number of carbonyl (C=O) groups excluding carboxylic acids is 1. The van der Waals surface area contributed by atoms with Crippen molar-refractivity contribution in [3.8, 4) is 12.3 Å². The van der Waals surface area contributed by atoms with Crippen LogP contribution in [-0.2, 0) is 4.79 Å². The summed E-state index contributed by atoms with van der Waals surface area (Å²) >= 11 is 0. The lowest BCUT2D eigenvalue weighted by atomic mass is 10.1. The van der Waals surface area contributed by atoms with Gasteiger partial charge in [-0.25, -0.2) is 0 Å². The van der Waals surface area contributed by atoms with E-state index in [4.69, 9.17) is 6.42 Å². The number of hydrogen-bond acceptors (Lipinski definition) is 2. The van der Waals surface area contributed by atoms with Gasteiger partial charge in [0.2, 0.25) is 5.91 Å². The summed E-state index contributed by atoms with van der Waals surface area (Å²) in [6.45, 7) is 1.85. The fourth-order valence-electron chi connectivity index (χ4n) is 1.54. The van der Waals surface area contributed by atoms with Crippen molar-refractivity contribution in [2.75, 3.05) is 13.1 Å². The smallest absolute Gasteiger partial charge is 0.232 e. The van der Waals surface area contributed by atoms with Gasteiger partial charge in [-0.3, -0.25) is 4.79 Å². The number of nitrogens with one attached hydrogen (secondary N) is 2. The van der Waals surface area contributed by atoms with Crippen LogP contribution in [0, 0.1) is 12.3 Å². The van der Waals surface area contributed by atoms with Gasteiger partial charge in [-0.15, -0.1) is 6.42 Å². The molecule has 0 saturated carbocycles. The highest BCUT2D eigenvalue weighted by atomic mass is 16.1. The summed E-state index contributed by atoms with van der Waals surface area (Å²) in [4.78, 5) is 10.9. The second-order valence-corrected chi connectivity index (χ2v) is 3.31. The van der Waals surface area contributed by atoms with E-state index in [0.29, 0.717) is 6.04 Å². The molecule has 1 rings (SSSR count). The van der Waals surface area contributed by atoms with Crippen molar-refractivity contribution < 1.29 is 4.79 Å². The largest absolute Gasteiger partial charge is 0.355 e. The minimum atomic E-state index is -0.0412. The molecule has 1 atom stereocenters. The highest BCUT2D eigenvalue weighted by Gasteiger charge is 2.13. The van der Waals surface area contributed by atoms with Crippen molar-refractivity contribution >= 4 is 5.91 Å². The molecule has 1 heterocycles. The standard InChI is InChI=1S/C10H16N2O/c1-2-4-10(13)12-8-6-9-5-3-7-11-9/h1,9,11H,3-8H2,(H,12,13). The summed E-state index contributed by atoms with van der Waals surface area (Å²) in [5.41, 5.74) is 0. The molecule has 1 aliphatic rings. The highest BCUT2D eigenvalue weighted by molar-refractivity contribution is 5.78. The van der Waals surface area contributed by atoms with Crippen LogP contribution in [0.5, 0.6) is 0 Å². The average Bonchev–Trinajstić information content (AvgIpc) is 2.57. The molecule has 3 nitrogen and oxygen atoms in total. The van der Waals surface area contributed by atoms with E-state index in [9.17, 15) is 4.79 Å². The molecule has 13 heavy (non-hydrogen) atoms. The van der Waals surface area contributed by atoms with E-state index in [0.717, 1.165) is 19.5 Å². The van der Waals surface area contributed by atoms with Crippen molar-refractivity contribution in [1.82, 2.24) is 10.6 Å². The molecule has 0 bridgehead atoms. The molecular weight excluding hydrogens is 164 g/mol. The number of hydrogen-bond donors (Lipinski definition) is 2. The average molecular weight is 180 g/mol. The molecular formula is C10H16N2O. The number of carbonyl (C=O) groups is 1. The maximum atomic E-state index is 10.9. The first kappa shape index (κ1) is 10.1. The first-order valence-electron chi connectivity index (χ1n) is 4.76. The summed E-state index contributed by atoms with van der Waals surface area (Å²) in [7, 11) is 0. The SMILES string of the molecule is C#CCC(=O)NCCC1CCCN1. The molecule has 0 spiro atoms. The predicted molar refractivity (Wildman–Crippen MR) is 52.1 cm³/mol. The Morgan fingerprint density at radius 3 is 3.15 bits per heavy atom. The van der Waals surface area contributed by atoms with E-state index in [1.165, 1.54) is 12.8 Å². The fourth-order valence-corrected chi connectivity index (χ4v) is 1.54. The number of terminal acetylenes is 1. The molecule has 0 aromatic heterocycles. The second-order valence-electron chi connectivity index (χ2n) is 3.31. The molecule has 0 aliphatic carbocycles. The van der Waals surface area contributed by atoms with Crippen LogP contribution < -0.4 is 10.6 Å². The van der Waals surface area contributed by atoms with Gasteiger partial charge in [0.05, 0.1) is 6.42 Å². The van der Waals surface area contributed by atoms with Gasteiger partial charge in [0.25, 0.3) is 0 Å². The van der Waals surface area contributed by atoms with Gasteiger partial charge in [-0.05, 0) is 25.8 Å². The lowest BCUT2D eigenvalue weighted by Gasteiger charge is -2.09. The first-order chi connectivity index (χ1) is 6.33. The Balaban J connectivity index is 2.00. The Kier molecular flexibility index (Phi) is 4.34. The van der Waals surface area contributed by atoms with Gasteiger partial charge in [-0.1, -0.05) is 5.92 Å². The van der Waals surface area contributed by atoms with Gasteiger partial charge < -0.3 is 10.6 Å². The Morgan fingerprint density at radius 1 is 1.69 bits per heavy atom. The Bertz CT molecular complexity index is 201. The van der Waals surface area contributed by atoms with E-state index in [1.807, 2.05) is 0 Å². The van der Waals surface area contributed by atoms with Crippen LogP contribution in [0.2, 0.25) is 0 Å². The fraction of sp³-hybridized carbons (Fsp3) is 0.700. The Hall–Kier alpha value is -1.01. The summed E-state index contributed by atoms with van der Waals surface area (Å²) in [5.74, 6) is 2.28. The third-order valence-electron chi connectivity index (χ3n) is 2.24. The molecule has 0 aromatic carbocycles. The summed E-state index contributed by atoms with van der Waals surface area (Å²) in [6.07, 6.45) is 8.68. The van der Waals surface area contributed by atoms with E-state index in [2.05, 4.69) is 16.6 Å². The van der Waals surface area contributed by atoms with Gasteiger partial charge in [-0.2, -0.15) is 0 Å². The highest BCUT2D eigenvalue weighted by Crippen LogP contribution is 2.07. The lowest BCUT2D eigenvalue weighted by Crippen LogP contribution is -2.30. The topological polar surface area (TPSA) is 41.1 Å². The van der Waals surface area contributed by atoms with Gasteiger partial charge in [0, 0.05) is 12.6 Å². The zero-order chi connectivity index (χ0) is 9.52. The van der Waals surface area contributed by atoms with Crippen LogP contribution in [-0.4, -0.2) is 25.0 Å². The van der Waals surface area contributed by atoms with Crippen LogP contribution in [0.1, 0.15) is 25.7 Å². The van der Waals surface area contributed by atoms with Crippen molar-refractivity contribution in [2.45, 2.75) is 31.7 Å². The first-order valence-corrected chi connectivity index (χ1v) is 4.76. The molecule has 1 fully saturated rings. The third-order valence-corrected chi connectivity index (χ3v) is 2.24. The maximum Gasteiger partial charge on any atom is 0.232 e. The number of rotatable bonds is 4. The van der Waals surface area contributed by atoms with E-state index in [1.54, 1.807) is 0 Å². The van der Waals surface area contributed by atoms with Crippen LogP contribution in [0.3, 0.4) is 0 Å². The van der Waals surface area contributed by atoms with Crippen molar-refractivity contribution in [3.63, 3.8) is 0 Å². The molecule has 1 amide bonds. The zero-order valence-corrected chi connectivity index (χ0v) is 7.81. The molecule has 1 unspecified atom stereocenters. The number of amides is 1. The molecule has 2 N–H and O–H groups in total. The van der Waals surface area contributed by atoms with Gasteiger partial charge >= 0.3 is 0 Å². The Morgan fingerprint density at radius 2 is 2.54 bits per heavy atom. The van der Waals surface area contributed by atoms with Gasteiger partial charge in [0.1, 0.15) is 0 Å². The van der Waals surface area contributed by atoms with Crippen molar-refractivity contribution in [3.05, 3.63) is 0 Å². The second kappa shape index (κ2) is 5.60. The molecule has 1 saturated heterocycles. The molecule has 72 valence electrons. The minimum Gasteiger partial charge on any atom is -0.355 e. The van der Waals surface area contributed by atoms with Crippen molar-refractivity contribution in [1.29, 1.82) is 0 Å². The molecule has 0 radical (unpaired) electrons. The van der Waals surface area contributed by atoms with Crippen LogP contribution in [0.15, 0.2) is 0 Å². The summed E-state index contributed by atoms with van der Waals surface area (Å²) in [5, 5.41) is 6.16. The lowest BCUT2D eigenvalue weighted by molar-refractivity contribution is -0.120. The van der Waals surface area contributed by atoms with E-state index >= 15 is 0 Å². The molecule has 0 aromatic rings. The summed E-state index contributed by atoms with van der Waals surface area (Å²) in [6, 6.07) is 0.589. The van der Waals surface area contributed by atoms with Crippen LogP contribution in [0.4, 0.5) is 0 Å². The quantitative estimate of drug-likeness (QED) is 0.610. The third kappa shape index (κ3) is 3.95. The minimum absolute atomic E-state index is 0.0412. The monoisotopic (exact) mass is 180 g/mol. The van der Waals surface area contributed by atoms with Crippen LogP contribution >= 0.6 is 0 Å². The normalized spacial score (nSPS) is 21.0. The zero-order valence-electron chi connectivity index (χ0n) is 7.81. The van der Waals surface area contributed by atoms with E-state index in [-0.39, 0.29) is 12.3 Å². The predicted octanol–water partition coefficient (Wildman–Crippen LogP) is 0.268. The van der Waals surface area contributed by atoms with Gasteiger partial charge in [0.15, 0.2) is 0 Å². The van der Waals surface area contributed by atoms with E-state index < -0.39 is 0 Å².